The largest absolute Gasteiger partial charge is 0.344 e. The summed E-state index contributed by atoms with van der Waals surface area (Å²) in [5, 5.41) is 4.08. The monoisotopic (exact) mass is 776 g/mol. The first-order valence-electron chi connectivity index (χ1n) is 16.2. The zero-order valence-corrected chi connectivity index (χ0v) is 30.3. The van der Waals surface area contributed by atoms with Gasteiger partial charge >= 0.3 is 6.43 Å². The molecule has 0 aliphatic heterocycles. The van der Waals surface area contributed by atoms with Crippen molar-refractivity contribution in [1.82, 2.24) is 25.3 Å². The Kier molecular flexibility index (Phi) is 12.7. The molecule has 6 rings (SSSR count). The van der Waals surface area contributed by atoms with Crippen molar-refractivity contribution < 1.29 is 23.2 Å². The number of nitrogens with one attached hydrogen (secondary N) is 1. The van der Waals surface area contributed by atoms with E-state index in [1.807, 2.05) is 29.6 Å². The molecule has 51 heavy (non-hydrogen) atoms. The Labute approximate surface area is 313 Å². The minimum Gasteiger partial charge on any atom is -0.344 e. The molecule has 4 aromatic rings. The van der Waals surface area contributed by atoms with Crippen molar-refractivity contribution in [1.29, 1.82) is 0 Å². The summed E-state index contributed by atoms with van der Waals surface area (Å²) in [6.07, 6.45) is 9.95. The number of hydrogen-bond donors (Lipinski definition) is 2. The minimum absolute atomic E-state index is 0.0369. The molecule has 268 valence electrons. The Hall–Kier alpha value is -3.61. The summed E-state index contributed by atoms with van der Waals surface area (Å²) in [5.74, 6) is -0.945. The summed E-state index contributed by atoms with van der Waals surface area (Å²) in [5.41, 5.74) is 7.69. The predicted molar refractivity (Wildman–Crippen MR) is 192 cm³/mol. The number of benzene rings is 2. The van der Waals surface area contributed by atoms with E-state index < -0.39 is 24.7 Å². The first-order valence-corrected chi connectivity index (χ1v) is 17.7. The summed E-state index contributed by atoms with van der Waals surface area (Å²) >= 11 is 25.1. The van der Waals surface area contributed by atoms with Gasteiger partial charge in [0.25, 0.3) is 5.91 Å². The predicted octanol–water partition coefficient (Wildman–Crippen LogP) is 7.60. The lowest BCUT2D eigenvalue weighted by atomic mass is 9.62. The summed E-state index contributed by atoms with van der Waals surface area (Å²) in [6, 6.07) is 11.3. The van der Waals surface area contributed by atoms with Crippen molar-refractivity contribution in [3.8, 4) is 0 Å². The van der Waals surface area contributed by atoms with Crippen LogP contribution >= 0.6 is 46.4 Å². The van der Waals surface area contributed by atoms with E-state index in [0.717, 1.165) is 49.7 Å². The summed E-state index contributed by atoms with van der Waals surface area (Å²) in [4.78, 5) is 51.5. The van der Waals surface area contributed by atoms with Crippen molar-refractivity contribution in [3.63, 3.8) is 0 Å². The molecule has 0 saturated heterocycles. The average Bonchev–Trinajstić information content (AvgIpc) is 3.10. The Balaban J connectivity index is 0.000000201. The highest BCUT2D eigenvalue weighted by Gasteiger charge is 2.42. The lowest BCUT2D eigenvalue weighted by molar-refractivity contribution is -0.131. The number of carbonyl (C=O) groups is 3. The van der Waals surface area contributed by atoms with E-state index in [2.05, 4.69) is 19.9 Å². The van der Waals surface area contributed by atoms with Crippen molar-refractivity contribution >= 4 is 63.9 Å². The van der Waals surface area contributed by atoms with Crippen LogP contribution in [0.25, 0.3) is 0 Å². The van der Waals surface area contributed by atoms with Crippen LogP contribution in [0.4, 0.5) is 8.78 Å². The zero-order chi connectivity index (χ0) is 36.8. The van der Waals surface area contributed by atoms with Gasteiger partial charge in [-0.1, -0.05) is 83.5 Å². The van der Waals surface area contributed by atoms with Crippen molar-refractivity contribution in [2.75, 3.05) is 13.1 Å². The lowest BCUT2D eigenvalue weighted by Gasteiger charge is -2.42. The highest BCUT2D eigenvalue weighted by molar-refractivity contribution is 6.43. The van der Waals surface area contributed by atoms with Crippen LogP contribution in [0.3, 0.4) is 0 Å². The van der Waals surface area contributed by atoms with Crippen LogP contribution in [-0.2, 0) is 28.5 Å². The van der Waals surface area contributed by atoms with Crippen LogP contribution in [0.1, 0.15) is 82.0 Å². The maximum absolute atomic E-state index is 12.2. The molecule has 0 atom stereocenters. The van der Waals surface area contributed by atoms with Crippen molar-refractivity contribution in [2.24, 2.45) is 5.73 Å². The number of aromatic nitrogens is 4. The Morgan fingerprint density at radius 3 is 1.47 bits per heavy atom. The normalized spacial score (nSPS) is 15.5. The van der Waals surface area contributed by atoms with Crippen LogP contribution in [0.15, 0.2) is 61.2 Å². The van der Waals surface area contributed by atoms with E-state index in [-0.39, 0.29) is 28.7 Å². The lowest BCUT2D eigenvalue weighted by Crippen LogP contribution is -2.37. The van der Waals surface area contributed by atoms with Gasteiger partial charge in [0.2, 0.25) is 0 Å². The first kappa shape index (κ1) is 38.6. The van der Waals surface area contributed by atoms with Crippen LogP contribution in [0.2, 0.25) is 20.1 Å². The van der Waals surface area contributed by atoms with Gasteiger partial charge in [-0.3, -0.25) is 14.4 Å². The molecular formula is C36H34Cl4F2N6O3. The number of alkyl halides is 2. The van der Waals surface area contributed by atoms with Gasteiger partial charge in [-0.2, -0.15) is 8.78 Å². The smallest absolute Gasteiger partial charge is 0.315 e. The number of ketones is 2. The van der Waals surface area contributed by atoms with Crippen molar-refractivity contribution in [2.45, 2.75) is 68.6 Å². The van der Waals surface area contributed by atoms with E-state index in [9.17, 15) is 23.2 Å². The number of nitrogens with zero attached hydrogens (tertiary/aromatic N) is 4. The van der Waals surface area contributed by atoms with Gasteiger partial charge in [-0.05, 0) is 48.9 Å². The fourth-order valence-corrected chi connectivity index (χ4v) is 7.37. The standard InChI is InChI=1S/C19H17Cl2F2N3O2.C17H17Cl2N3O/c20-13-4-1-3-12(16(13)21)19(5-2-6-19)7-15-24-8-11(9-25-15)14(27)10-26-18(28)17(22)23;18-13-4-1-3-12(16(13)19)17(5-2-6-17)7-15-21-9-11(10-22-15)14(23)8-20/h1,3-4,8-9,17H,2,5-7,10H2,(H,26,28);1,3-4,9-10H,2,5-8,20H2. The van der Waals surface area contributed by atoms with Crippen LogP contribution in [0.5, 0.6) is 0 Å². The van der Waals surface area contributed by atoms with E-state index in [0.29, 0.717) is 50.1 Å². The van der Waals surface area contributed by atoms with Crippen LogP contribution in [0, 0.1) is 0 Å². The number of nitrogens with two attached hydrogens (primary N) is 1. The Bertz CT molecular complexity index is 1890. The molecule has 2 aliphatic carbocycles. The number of halogens is 6. The Morgan fingerprint density at radius 2 is 1.12 bits per heavy atom. The van der Waals surface area contributed by atoms with Gasteiger partial charge in [-0.25, -0.2) is 19.9 Å². The number of hydrogen-bond acceptors (Lipinski definition) is 8. The minimum atomic E-state index is -3.16. The highest BCUT2D eigenvalue weighted by atomic mass is 35.5. The molecule has 2 aliphatic rings. The molecule has 3 N–H and O–H groups in total. The second-order valence-electron chi connectivity index (χ2n) is 12.7. The van der Waals surface area contributed by atoms with E-state index in [1.165, 1.54) is 12.4 Å². The SMILES string of the molecule is NCC(=O)c1cnc(CC2(c3cccc(Cl)c3Cl)CCC2)nc1.O=C(CNC(=O)C(F)F)c1cnc(CC2(c3cccc(Cl)c3Cl)CCC2)nc1. The maximum atomic E-state index is 12.2. The number of carbonyl (C=O) groups excluding carboxylic acids is 3. The molecular weight excluding hydrogens is 744 g/mol. The van der Waals surface area contributed by atoms with Gasteiger partial charge in [0, 0.05) is 48.5 Å². The Morgan fingerprint density at radius 1 is 0.706 bits per heavy atom. The summed E-state index contributed by atoms with van der Waals surface area (Å²) in [7, 11) is 0. The average molecular weight is 779 g/mol. The molecule has 2 heterocycles. The molecule has 0 spiro atoms. The molecule has 2 aromatic carbocycles. The van der Waals surface area contributed by atoms with Gasteiger partial charge in [-0.15, -0.1) is 0 Å². The third-order valence-corrected chi connectivity index (χ3v) is 11.2. The van der Waals surface area contributed by atoms with Gasteiger partial charge in [0.1, 0.15) is 11.6 Å². The first-order chi connectivity index (χ1) is 24.4. The second kappa shape index (κ2) is 16.8. The molecule has 15 heteroatoms. The fraction of sp³-hybridized carbons (Fsp3) is 0.361. The molecule has 1 amide bonds. The van der Waals surface area contributed by atoms with Gasteiger partial charge in [0.05, 0.1) is 44.3 Å². The molecule has 9 nitrogen and oxygen atoms in total. The van der Waals surface area contributed by atoms with E-state index in [1.54, 1.807) is 24.5 Å². The highest BCUT2D eigenvalue weighted by Crippen LogP contribution is 2.50. The molecule has 0 radical (unpaired) electrons. The number of rotatable bonds is 12. The zero-order valence-electron chi connectivity index (χ0n) is 27.3. The van der Waals surface area contributed by atoms with Crippen LogP contribution in [-0.4, -0.2) is 56.9 Å². The fourth-order valence-electron chi connectivity index (χ4n) is 6.37. The second-order valence-corrected chi connectivity index (χ2v) is 14.2. The molecule has 2 fully saturated rings. The quantitative estimate of drug-likeness (QED) is 0.140. The summed E-state index contributed by atoms with van der Waals surface area (Å²) in [6.45, 7) is -0.571. The molecule has 0 bridgehead atoms. The molecule has 2 aromatic heterocycles. The van der Waals surface area contributed by atoms with E-state index in [4.69, 9.17) is 52.1 Å². The topological polar surface area (TPSA) is 141 Å². The van der Waals surface area contributed by atoms with E-state index >= 15 is 0 Å². The maximum Gasteiger partial charge on any atom is 0.315 e. The van der Waals surface area contributed by atoms with Gasteiger partial charge in [0.15, 0.2) is 11.6 Å². The number of amides is 1. The van der Waals surface area contributed by atoms with Gasteiger partial charge < -0.3 is 11.1 Å². The summed E-state index contributed by atoms with van der Waals surface area (Å²) < 4.78 is 24.3. The third-order valence-electron chi connectivity index (χ3n) is 9.52. The number of Topliss-reactive ketones (excluding diaryl/α,β-unsaturated/α-hetero) is 2. The third kappa shape index (κ3) is 8.89. The molecule has 2 saturated carbocycles. The van der Waals surface area contributed by atoms with Crippen LogP contribution < -0.4 is 11.1 Å². The van der Waals surface area contributed by atoms with Crippen molar-refractivity contribution in [3.05, 3.63) is 115 Å². The molecule has 0 unspecified atom stereocenters.